The van der Waals surface area contributed by atoms with Gasteiger partial charge in [-0.3, -0.25) is 4.79 Å². The fourth-order valence-corrected chi connectivity index (χ4v) is 3.42. The van der Waals surface area contributed by atoms with Crippen molar-refractivity contribution in [3.8, 4) is 17.0 Å². The fourth-order valence-electron chi connectivity index (χ4n) is 3.42. The summed E-state index contributed by atoms with van der Waals surface area (Å²) in [5, 5.41) is 0. The lowest BCUT2D eigenvalue weighted by atomic mass is 10.1. The molecular weight excluding hydrogens is 352 g/mol. The summed E-state index contributed by atoms with van der Waals surface area (Å²) in [4.78, 5) is 25.8. The second kappa shape index (κ2) is 8.08. The number of para-hydroxylation sites is 1. The van der Waals surface area contributed by atoms with Crippen LogP contribution < -0.4 is 9.64 Å². The molecule has 1 saturated heterocycles. The Bertz CT molecular complexity index is 954. The molecule has 0 saturated carbocycles. The van der Waals surface area contributed by atoms with Crippen molar-refractivity contribution in [1.29, 1.82) is 0 Å². The van der Waals surface area contributed by atoms with Gasteiger partial charge in [-0.25, -0.2) is 9.97 Å². The minimum atomic E-state index is 0.00441. The van der Waals surface area contributed by atoms with Crippen LogP contribution >= 0.6 is 0 Å². The Hall–Kier alpha value is -3.41. The van der Waals surface area contributed by atoms with E-state index in [-0.39, 0.29) is 5.91 Å². The average molecular weight is 374 g/mol. The van der Waals surface area contributed by atoms with E-state index in [1.165, 1.54) is 0 Å². The van der Waals surface area contributed by atoms with Crippen LogP contribution in [0.5, 0.6) is 5.75 Å². The van der Waals surface area contributed by atoms with E-state index >= 15 is 0 Å². The van der Waals surface area contributed by atoms with Crippen LogP contribution in [0, 0.1) is 0 Å². The van der Waals surface area contributed by atoms with E-state index in [0.717, 1.165) is 30.2 Å². The van der Waals surface area contributed by atoms with E-state index in [1.54, 1.807) is 13.4 Å². The molecule has 0 N–H and O–H groups in total. The average Bonchev–Trinajstić information content (AvgIpc) is 2.79. The SMILES string of the molecule is COc1ccccc1C(=O)N1CCN(c2cc(-c3ccccc3)ncn2)CC1. The number of piperazine rings is 1. The van der Waals surface area contributed by atoms with Crippen LogP contribution in [-0.4, -0.2) is 54.1 Å². The first-order chi connectivity index (χ1) is 13.8. The van der Waals surface area contributed by atoms with Gasteiger partial charge in [0, 0.05) is 37.8 Å². The largest absolute Gasteiger partial charge is 0.496 e. The zero-order valence-electron chi connectivity index (χ0n) is 15.8. The molecule has 1 aliphatic heterocycles. The maximum atomic E-state index is 12.9. The Kier molecular flexibility index (Phi) is 5.19. The minimum Gasteiger partial charge on any atom is -0.496 e. The highest BCUT2D eigenvalue weighted by molar-refractivity contribution is 5.97. The molecule has 0 bridgehead atoms. The number of aromatic nitrogens is 2. The monoisotopic (exact) mass is 374 g/mol. The fraction of sp³-hybridized carbons (Fsp3) is 0.227. The third-order valence-corrected chi connectivity index (χ3v) is 4.95. The van der Waals surface area contributed by atoms with Crippen LogP contribution in [0.2, 0.25) is 0 Å². The van der Waals surface area contributed by atoms with Gasteiger partial charge in [0.05, 0.1) is 18.4 Å². The number of nitrogens with zero attached hydrogens (tertiary/aromatic N) is 4. The highest BCUT2D eigenvalue weighted by Gasteiger charge is 2.24. The van der Waals surface area contributed by atoms with Crippen LogP contribution in [0.15, 0.2) is 67.0 Å². The van der Waals surface area contributed by atoms with Gasteiger partial charge in [-0.15, -0.1) is 0 Å². The smallest absolute Gasteiger partial charge is 0.257 e. The molecule has 1 amide bonds. The molecule has 3 aromatic rings. The minimum absolute atomic E-state index is 0.00441. The van der Waals surface area contributed by atoms with Gasteiger partial charge in [0.25, 0.3) is 5.91 Å². The third kappa shape index (κ3) is 3.67. The van der Waals surface area contributed by atoms with Crippen molar-refractivity contribution >= 4 is 11.7 Å². The zero-order chi connectivity index (χ0) is 19.3. The van der Waals surface area contributed by atoms with Crippen LogP contribution in [-0.2, 0) is 0 Å². The molecule has 0 atom stereocenters. The van der Waals surface area contributed by atoms with Crippen molar-refractivity contribution in [2.24, 2.45) is 0 Å². The maximum Gasteiger partial charge on any atom is 0.257 e. The number of carbonyl (C=O) groups is 1. The van der Waals surface area contributed by atoms with E-state index in [9.17, 15) is 4.79 Å². The third-order valence-electron chi connectivity index (χ3n) is 4.95. The molecule has 6 nitrogen and oxygen atoms in total. The molecule has 0 spiro atoms. The summed E-state index contributed by atoms with van der Waals surface area (Å²) in [6.07, 6.45) is 1.60. The normalized spacial score (nSPS) is 14.0. The van der Waals surface area contributed by atoms with Gasteiger partial charge in [-0.1, -0.05) is 42.5 Å². The molecule has 2 aromatic carbocycles. The van der Waals surface area contributed by atoms with Gasteiger partial charge in [0.2, 0.25) is 0 Å². The molecule has 0 unspecified atom stereocenters. The molecule has 1 aliphatic rings. The number of hydrogen-bond donors (Lipinski definition) is 0. The van der Waals surface area contributed by atoms with Crippen molar-refractivity contribution in [2.45, 2.75) is 0 Å². The number of carbonyl (C=O) groups excluding carboxylic acids is 1. The van der Waals surface area contributed by atoms with Crippen LogP contribution in [0.25, 0.3) is 11.3 Å². The number of anilines is 1. The predicted octanol–water partition coefficient (Wildman–Crippen LogP) is 3.11. The molecule has 1 aromatic heterocycles. The number of hydrogen-bond acceptors (Lipinski definition) is 5. The Morgan fingerprint density at radius 1 is 0.929 bits per heavy atom. The molecule has 6 heteroatoms. The Labute approximate surface area is 164 Å². The van der Waals surface area contributed by atoms with E-state index in [0.29, 0.717) is 24.4 Å². The molecule has 2 heterocycles. The second-order valence-corrected chi connectivity index (χ2v) is 6.61. The van der Waals surface area contributed by atoms with Crippen molar-refractivity contribution < 1.29 is 9.53 Å². The molecular formula is C22H22N4O2. The lowest BCUT2D eigenvalue weighted by Gasteiger charge is -2.35. The van der Waals surface area contributed by atoms with E-state index < -0.39 is 0 Å². The van der Waals surface area contributed by atoms with Crippen molar-refractivity contribution in [1.82, 2.24) is 14.9 Å². The van der Waals surface area contributed by atoms with Gasteiger partial charge < -0.3 is 14.5 Å². The summed E-state index contributed by atoms with van der Waals surface area (Å²) in [5.74, 6) is 1.50. The summed E-state index contributed by atoms with van der Waals surface area (Å²) in [5.41, 5.74) is 2.57. The topological polar surface area (TPSA) is 58.6 Å². The van der Waals surface area contributed by atoms with Gasteiger partial charge in [-0.05, 0) is 12.1 Å². The van der Waals surface area contributed by atoms with Gasteiger partial charge >= 0.3 is 0 Å². The van der Waals surface area contributed by atoms with Crippen LogP contribution in [0.1, 0.15) is 10.4 Å². The van der Waals surface area contributed by atoms with Crippen molar-refractivity contribution in [3.63, 3.8) is 0 Å². The lowest BCUT2D eigenvalue weighted by Crippen LogP contribution is -2.49. The highest BCUT2D eigenvalue weighted by atomic mass is 16.5. The second-order valence-electron chi connectivity index (χ2n) is 6.61. The number of ether oxygens (including phenoxy) is 1. The summed E-state index contributed by atoms with van der Waals surface area (Å²) >= 11 is 0. The highest BCUT2D eigenvalue weighted by Crippen LogP contribution is 2.23. The Morgan fingerprint density at radius 2 is 1.64 bits per heavy atom. The maximum absolute atomic E-state index is 12.9. The summed E-state index contributed by atoms with van der Waals surface area (Å²) in [6, 6.07) is 19.4. The number of rotatable bonds is 4. The molecule has 0 aliphatic carbocycles. The van der Waals surface area contributed by atoms with E-state index in [1.807, 2.05) is 65.6 Å². The summed E-state index contributed by atoms with van der Waals surface area (Å²) in [6.45, 7) is 2.74. The first kappa shape index (κ1) is 18.0. The number of benzene rings is 2. The Balaban J connectivity index is 1.45. The van der Waals surface area contributed by atoms with Gasteiger partial charge in [0.15, 0.2) is 0 Å². The van der Waals surface area contributed by atoms with Crippen molar-refractivity contribution in [3.05, 3.63) is 72.6 Å². The summed E-state index contributed by atoms with van der Waals surface area (Å²) < 4.78 is 5.33. The molecule has 0 radical (unpaired) electrons. The van der Waals surface area contributed by atoms with Gasteiger partial charge in [0.1, 0.15) is 17.9 Å². The molecule has 4 rings (SSSR count). The first-order valence-electron chi connectivity index (χ1n) is 9.31. The van der Waals surface area contributed by atoms with Gasteiger partial charge in [-0.2, -0.15) is 0 Å². The summed E-state index contributed by atoms with van der Waals surface area (Å²) in [7, 11) is 1.59. The van der Waals surface area contributed by atoms with Crippen LogP contribution in [0.4, 0.5) is 5.82 Å². The van der Waals surface area contributed by atoms with Crippen LogP contribution in [0.3, 0.4) is 0 Å². The zero-order valence-corrected chi connectivity index (χ0v) is 15.8. The lowest BCUT2D eigenvalue weighted by molar-refractivity contribution is 0.0743. The molecule has 142 valence electrons. The Morgan fingerprint density at radius 3 is 2.39 bits per heavy atom. The molecule has 28 heavy (non-hydrogen) atoms. The van der Waals surface area contributed by atoms with E-state index in [4.69, 9.17) is 4.74 Å². The van der Waals surface area contributed by atoms with E-state index in [2.05, 4.69) is 14.9 Å². The quantitative estimate of drug-likeness (QED) is 0.702. The predicted molar refractivity (Wildman–Crippen MR) is 109 cm³/mol. The molecule has 1 fully saturated rings. The number of methoxy groups -OCH3 is 1. The van der Waals surface area contributed by atoms with Crippen molar-refractivity contribution in [2.75, 3.05) is 38.2 Å². The number of amides is 1. The standard InChI is InChI=1S/C22H22N4O2/c1-28-20-10-6-5-9-18(20)22(27)26-13-11-25(12-14-26)21-15-19(23-16-24-21)17-7-3-2-4-8-17/h2-10,15-16H,11-14H2,1H3. The first-order valence-corrected chi connectivity index (χ1v) is 9.31.